The molecule has 4 heteroatoms. The Labute approximate surface area is 110 Å². The number of carbonyl (C=O) groups excluding carboxylic acids is 1. The van der Waals surface area contributed by atoms with Crippen LogP contribution in [0.25, 0.3) is 0 Å². The maximum Gasteiger partial charge on any atom is 0.289 e. The molecule has 0 aromatic carbocycles. The van der Waals surface area contributed by atoms with Crippen molar-refractivity contribution in [3.63, 3.8) is 0 Å². The maximum absolute atomic E-state index is 12.2. The van der Waals surface area contributed by atoms with Crippen LogP contribution in [0.2, 0.25) is 0 Å². The van der Waals surface area contributed by atoms with Crippen LogP contribution in [-0.4, -0.2) is 28.7 Å². The van der Waals surface area contributed by atoms with Gasteiger partial charge in [-0.1, -0.05) is 29.8 Å². The Morgan fingerprint density at radius 3 is 2.94 bits per heavy atom. The molecule has 1 aliphatic heterocycles. The second-order valence-corrected chi connectivity index (χ2v) is 5.83. The lowest BCUT2D eigenvalue weighted by molar-refractivity contribution is 0.0672. The molecule has 1 fully saturated rings. The zero-order valence-electron chi connectivity index (χ0n) is 10.3. The van der Waals surface area contributed by atoms with Crippen molar-refractivity contribution in [3.8, 4) is 0 Å². The van der Waals surface area contributed by atoms with Crippen LogP contribution in [-0.2, 0) is 6.42 Å². The summed E-state index contributed by atoms with van der Waals surface area (Å²) in [7, 11) is 0. The number of halogens is 1. The molecule has 0 aliphatic carbocycles. The lowest BCUT2D eigenvalue weighted by atomic mass is 9.99. The zero-order valence-corrected chi connectivity index (χ0v) is 11.9. The van der Waals surface area contributed by atoms with Gasteiger partial charge in [-0.3, -0.25) is 4.79 Å². The quantitative estimate of drug-likeness (QED) is 0.786. The molecule has 1 aliphatic rings. The van der Waals surface area contributed by atoms with Gasteiger partial charge in [0.15, 0.2) is 5.76 Å². The van der Waals surface area contributed by atoms with Gasteiger partial charge in [-0.25, -0.2) is 0 Å². The highest BCUT2D eigenvalue weighted by molar-refractivity contribution is 9.09. The molecule has 2 heterocycles. The third-order valence-electron chi connectivity index (χ3n) is 3.37. The van der Waals surface area contributed by atoms with Gasteiger partial charge in [-0.15, -0.1) is 0 Å². The van der Waals surface area contributed by atoms with Crippen LogP contribution in [0.4, 0.5) is 0 Å². The highest BCUT2D eigenvalue weighted by atomic mass is 79.9. The fourth-order valence-corrected chi connectivity index (χ4v) is 2.66. The summed E-state index contributed by atoms with van der Waals surface area (Å²) in [5.41, 5.74) is 0. The Morgan fingerprint density at radius 1 is 1.59 bits per heavy atom. The van der Waals surface area contributed by atoms with Crippen molar-refractivity contribution in [2.24, 2.45) is 5.92 Å². The topological polar surface area (TPSA) is 33.5 Å². The van der Waals surface area contributed by atoms with Gasteiger partial charge in [0, 0.05) is 24.3 Å². The van der Waals surface area contributed by atoms with Gasteiger partial charge in [0.05, 0.1) is 0 Å². The van der Waals surface area contributed by atoms with Crippen molar-refractivity contribution in [2.45, 2.75) is 31.5 Å². The molecule has 0 spiro atoms. The van der Waals surface area contributed by atoms with Gasteiger partial charge in [0.2, 0.25) is 0 Å². The van der Waals surface area contributed by atoms with Gasteiger partial charge in [-0.05, 0) is 24.5 Å². The van der Waals surface area contributed by atoms with E-state index in [1.54, 1.807) is 6.07 Å². The molecule has 0 bridgehead atoms. The fraction of sp³-hybridized carbons (Fsp3) is 0.615. The molecular weight excluding hydrogens is 282 g/mol. The average Bonchev–Trinajstić information content (AvgIpc) is 2.80. The molecule has 2 rings (SSSR count). The van der Waals surface area contributed by atoms with Gasteiger partial charge in [0.1, 0.15) is 5.76 Å². The Morgan fingerprint density at radius 2 is 2.35 bits per heavy atom. The molecule has 2 unspecified atom stereocenters. The lowest BCUT2D eigenvalue weighted by Crippen LogP contribution is -2.43. The molecule has 0 radical (unpaired) electrons. The number of hydrogen-bond donors (Lipinski definition) is 0. The molecule has 1 aromatic heterocycles. The Kier molecular flexibility index (Phi) is 3.92. The fourth-order valence-electron chi connectivity index (χ4n) is 2.05. The van der Waals surface area contributed by atoms with Crippen molar-refractivity contribution >= 4 is 21.8 Å². The number of furan rings is 1. The van der Waals surface area contributed by atoms with E-state index in [4.69, 9.17) is 4.42 Å². The van der Waals surface area contributed by atoms with Crippen LogP contribution in [0.1, 0.15) is 36.6 Å². The van der Waals surface area contributed by atoms with E-state index in [2.05, 4.69) is 22.9 Å². The third-order valence-corrected chi connectivity index (χ3v) is 4.57. The highest BCUT2D eigenvalue weighted by Gasteiger charge is 2.28. The summed E-state index contributed by atoms with van der Waals surface area (Å²) in [6, 6.07) is 3.66. The molecule has 1 amide bonds. The Bertz CT molecular complexity index is 402. The zero-order chi connectivity index (χ0) is 12.4. The summed E-state index contributed by atoms with van der Waals surface area (Å²) in [4.78, 5) is 14.5. The van der Waals surface area contributed by atoms with E-state index < -0.39 is 0 Å². The number of rotatable bonds is 2. The van der Waals surface area contributed by atoms with Crippen LogP contribution in [0.15, 0.2) is 16.5 Å². The third kappa shape index (κ3) is 2.73. The van der Waals surface area contributed by atoms with Crippen LogP contribution in [0, 0.1) is 5.92 Å². The smallest absolute Gasteiger partial charge is 0.289 e. The number of carbonyl (C=O) groups is 1. The minimum absolute atomic E-state index is 0.0149. The number of hydrogen-bond acceptors (Lipinski definition) is 2. The second kappa shape index (κ2) is 5.25. The van der Waals surface area contributed by atoms with Gasteiger partial charge < -0.3 is 9.32 Å². The van der Waals surface area contributed by atoms with E-state index in [0.717, 1.165) is 31.7 Å². The first-order valence-electron chi connectivity index (χ1n) is 6.14. The Balaban J connectivity index is 2.05. The van der Waals surface area contributed by atoms with Crippen LogP contribution < -0.4 is 0 Å². The van der Waals surface area contributed by atoms with Crippen molar-refractivity contribution in [1.82, 2.24) is 4.90 Å². The van der Waals surface area contributed by atoms with Gasteiger partial charge in [-0.2, -0.15) is 0 Å². The molecule has 0 N–H and O–H groups in total. The van der Waals surface area contributed by atoms with E-state index in [0.29, 0.717) is 16.5 Å². The molecule has 0 saturated carbocycles. The summed E-state index contributed by atoms with van der Waals surface area (Å²) in [6.07, 6.45) is 1.87. The first kappa shape index (κ1) is 12.7. The largest absolute Gasteiger partial charge is 0.456 e. The van der Waals surface area contributed by atoms with E-state index in [9.17, 15) is 4.79 Å². The molecule has 3 nitrogen and oxygen atoms in total. The second-order valence-electron chi connectivity index (χ2n) is 4.65. The molecule has 17 heavy (non-hydrogen) atoms. The number of aryl methyl sites for hydroxylation is 1. The predicted molar refractivity (Wildman–Crippen MR) is 70.5 cm³/mol. The molecule has 2 atom stereocenters. The predicted octanol–water partition coefficient (Wildman–Crippen LogP) is 3.09. The van der Waals surface area contributed by atoms with E-state index in [-0.39, 0.29) is 5.91 Å². The number of alkyl halides is 1. The SMILES string of the molecule is CCc1ccc(C(=O)N2CCC(C)C(Br)C2)o1. The van der Waals surface area contributed by atoms with Crippen molar-refractivity contribution in [2.75, 3.05) is 13.1 Å². The standard InChI is InChI=1S/C13H18BrNO2/c1-3-10-4-5-12(17-10)13(16)15-7-6-9(2)11(14)8-15/h4-5,9,11H,3,6-8H2,1-2H3. The van der Waals surface area contributed by atoms with Crippen LogP contribution in [0.3, 0.4) is 0 Å². The molecule has 94 valence electrons. The summed E-state index contributed by atoms with van der Waals surface area (Å²) >= 11 is 3.63. The normalized spacial score (nSPS) is 25.0. The molecule has 1 saturated heterocycles. The van der Waals surface area contributed by atoms with E-state index in [1.807, 2.05) is 17.9 Å². The van der Waals surface area contributed by atoms with E-state index >= 15 is 0 Å². The van der Waals surface area contributed by atoms with Crippen molar-refractivity contribution in [1.29, 1.82) is 0 Å². The monoisotopic (exact) mass is 299 g/mol. The minimum atomic E-state index is 0.0149. The lowest BCUT2D eigenvalue weighted by Gasteiger charge is -2.33. The number of nitrogens with zero attached hydrogens (tertiary/aromatic N) is 1. The van der Waals surface area contributed by atoms with E-state index in [1.165, 1.54) is 0 Å². The summed E-state index contributed by atoms with van der Waals surface area (Å²) in [5.74, 6) is 1.98. The minimum Gasteiger partial charge on any atom is -0.456 e. The molecule has 1 aromatic rings. The Hall–Kier alpha value is -0.770. The maximum atomic E-state index is 12.2. The van der Waals surface area contributed by atoms with Crippen LogP contribution in [0.5, 0.6) is 0 Å². The highest BCUT2D eigenvalue weighted by Crippen LogP contribution is 2.24. The number of likely N-dealkylation sites (tertiary alicyclic amines) is 1. The molecular formula is C13H18BrNO2. The van der Waals surface area contributed by atoms with Gasteiger partial charge in [0.25, 0.3) is 5.91 Å². The van der Waals surface area contributed by atoms with Gasteiger partial charge >= 0.3 is 0 Å². The number of amides is 1. The average molecular weight is 300 g/mol. The summed E-state index contributed by atoms with van der Waals surface area (Å²) in [6.45, 7) is 5.82. The first-order chi connectivity index (χ1) is 8.11. The summed E-state index contributed by atoms with van der Waals surface area (Å²) < 4.78 is 5.50. The van der Waals surface area contributed by atoms with Crippen LogP contribution >= 0.6 is 15.9 Å². The number of piperidine rings is 1. The first-order valence-corrected chi connectivity index (χ1v) is 7.05. The van der Waals surface area contributed by atoms with Crippen molar-refractivity contribution < 1.29 is 9.21 Å². The van der Waals surface area contributed by atoms with Crippen molar-refractivity contribution in [3.05, 3.63) is 23.7 Å². The summed E-state index contributed by atoms with van der Waals surface area (Å²) in [5, 5.41) is 0.